The summed E-state index contributed by atoms with van der Waals surface area (Å²) in [5.41, 5.74) is 2.46. The summed E-state index contributed by atoms with van der Waals surface area (Å²) in [6, 6.07) is 18.3. The summed E-state index contributed by atoms with van der Waals surface area (Å²) in [6.07, 6.45) is 2.13. The molecule has 0 N–H and O–H groups in total. The molecule has 0 radical (unpaired) electrons. The molecule has 1 aromatic heterocycles. The molecule has 0 saturated carbocycles. The zero-order valence-corrected chi connectivity index (χ0v) is 10.3. The minimum absolute atomic E-state index is 0.603. The lowest BCUT2D eigenvalue weighted by Gasteiger charge is -2.04. The van der Waals surface area contributed by atoms with Gasteiger partial charge in [-0.1, -0.05) is 36.4 Å². The van der Waals surface area contributed by atoms with Gasteiger partial charge in [0, 0.05) is 29.7 Å². The largest absolute Gasteiger partial charge is 0.489 e. The Labute approximate surface area is 106 Å². The van der Waals surface area contributed by atoms with E-state index in [9.17, 15) is 0 Å². The summed E-state index contributed by atoms with van der Waals surface area (Å²) < 4.78 is 7.94. The smallest absolute Gasteiger partial charge is 0.119 e. The number of hydrogen-bond donors (Lipinski definition) is 0. The lowest BCUT2D eigenvalue weighted by atomic mass is 10.2. The van der Waals surface area contributed by atoms with Gasteiger partial charge in [-0.25, -0.2) is 0 Å². The van der Waals surface area contributed by atoms with Crippen molar-refractivity contribution in [2.45, 2.75) is 6.61 Å². The summed E-state index contributed by atoms with van der Waals surface area (Å²) in [7, 11) is 2.06. The van der Waals surface area contributed by atoms with E-state index in [1.807, 2.05) is 30.3 Å². The molecule has 3 aromatic rings. The minimum atomic E-state index is 0.603. The van der Waals surface area contributed by atoms with Crippen LogP contribution in [-0.4, -0.2) is 4.57 Å². The maximum absolute atomic E-state index is 5.80. The zero-order valence-electron chi connectivity index (χ0n) is 10.3. The Bertz CT molecular complexity index is 655. The molecule has 3 rings (SSSR count). The van der Waals surface area contributed by atoms with Crippen molar-refractivity contribution in [1.29, 1.82) is 0 Å². The molecule has 0 bridgehead atoms. The second-order valence-corrected chi connectivity index (χ2v) is 4.38. The highest BCUT2D eigenvalue weighted by Gasteiger charge is 2.05. The second-order valence-electron chi connectivity index (χ2n) is 4.38. The number of hydrogen-bond acceptors (Lipinski definition) is 1. The van der Waals surface area contributed by atoms with E-state index in [2.05, 4.69) is 42.1 Å². The Balaban J connectivity index is 1.87. The molecule has 0 spiro atoms. The Kier molecular flexibility index (Phi) is 2.77. The molecule has 0 aliphatic carbocycles. The van der Waals surface area contributed by atoms with Gasteiger partial charge in [0.2, 0.25) is 0 Å². The van der Waals surface area contributed by atoms with E-state index in [4.69, 9.17) is 4.74 Å². The summed E-state index contributed by atoms with van der Waals surface area (Å²) in [6.45, 7) is 0.603. The maximum Gasteiger partial charge on any atom is 0.119 e. The van der Waals surface area contributed by atoms with E-state index in [-0.39, 0.29) is 0 Å². The molecule has 0 saturated heterocycles. The van der Waals surface area contributed by atoms with E-state index in [0.717, 1.165) is 5.75 Å². The van der Waals surface area contributed by atoms with Crippen LogP contribution >= 0.6 is 0 Å². The molecule has 90 valence electrons. The summed E-state index contributed by atoms with van der Waals surface area (Å²) in [4.78, 5) is 0. The van der Waals surface area contributed by atoms with Gasteiger partial charge in [0.25, 0.3) is 0 Å². The van der Waals surface area contributed by atoms with Gasteiger partial charge in [-0.05, 0) is 18.2 Å². The van der Waals surface area contributed by atoms with E-state index >= 15 is 0 Å². The SMILES string of the molecule is Cn1cc(COc2ccccc2)c2ccccc21. The van der Waals surface area contributed by atoms with Crippen molar-refractivity contribution in [3.8, 4) is 5.75 Å². The molecule has 2 nitrogen and oxygen atoms in total. The van der Waals surface area contributed by atoms with E-state index in [1.165, 1.54) is 16.5 Å². The van der Waals surface area contributed by atoms with Crippen molar-refractivity contribution in [1.82, 2.24) is 4.57 Å². The lowest BCUT2D eigenvalue weighted by Crippen LogP contribution is -1.94. The van der Waals surface area contributed by atoms with Gasteiger partial charge in [0.1, 0.15) is 12.4 Å². The third-order valence-electron chi connectivity index (χ3n) is 3.12. The number of rotatable bonds is 3. The van der Waals surface area contributed by atoms with Crippen LogP contribution in [0.5, 0.6) is 5.75 Å². The molecule has 2 heteroatoms. The van der Waals surface area contributed by atoms with Crippen LogP contribution < -0.4 is 4.74 Å². The highest BCUT2D eigenvalue weighted by Crippen LogP contribution is 2.21. The molecule has 0 amide bonds. The van der Waals surface area contributed by atoms with Crippen LogP contribution in [-0.2, 0) is 13.7 Å². The number of fused-ring (bicyclic) bond motifs is 1. The molecule has 2 aromatic carbocycles. The van der Waals surface area contributed by atoms with Gasteiger partial charge >= 0.3 is 0 Å². The number of ether oxygens (including phenoxy) is 1. The number of nitrogens with zero attached hydrogens (tertiary/aromatic N) is 1. The van der Waals surface area contributed by atoms with Crippen molar-refractivity contribution in [3.05, 3.63) is 66.4 Å². The Morgan fingerprint density at radius 2 is 1.67 bits per heavy atom. The van der Waals surface area contributed by atoms with Gasteiger partial charge in [0.15, 0.2) is 0 Å². The molecule has 0 aliphatic rings. The van der Waals surface area contributed by atoms with Gasteiger partial charge in [-0.2, -0.15) is 0 Å². The normalized spacial score (nSPS) is 10.7. The predicted octanol–water partition coefficient (Wildman–Crippen LogP) is 3.76. The van der Waals surface area contributed by atoms with Crippen LogP contribution in [0.25, 0.3) is 10.9 Å². The predicted molar refractivity (Wildman–Crippen MR) is 73.7 cm³/mol. The number of aromatic nitrogens is 1. The van der Waals surface area contributed by atoms with Gasteiger partial charge in [-0.15, -0.1) is 0 Å². The Morgan fingerprint density at radius 1 is 0.944 bits per heavy atom. The van der Waals surface area contributed by atoms with Crippen LogP contribution in [0, 0.1) is 0 Å². The van der Waals surface area contributed by atoms with Crippen molar-refractivity contribution < 1.29 is 4.74 Å². The number of para-hydroxylation sites is 2. The van der Waals surface area contributed by atoms with Gasteiger partial charge < -0.3 is 9.30 Å². The Hall–Kier alpha value is -2.22. The fourth-order valence-electron chi connectivity index (χ4n) is 2.22. The third kappa shape index (κ3) is 1.97. The molecule has 0 unspecified atom stereocenters. The second kappa shape index (κ2) is 4.57. The van der Waals surface area contributed by atoms with Crippen LogP contribution in [0.3, 0.4) is 0 Å². The van der Waals surface area contributed by atoms with Crippen molar-refractivity contribution in [2.24, 2.45) is 7.05 Å². The van der Waals surface area contributed by atoms with Gasteiger partial charge in [-0.3, -0.25) is 0 Å². The quantitative estimate of drug-likeness (QED) is 0.676. The summed E-state index contributed by atoms with van der Waals surface area (Å²) in [5.74, 6) is 0.908. The van der Waals surface area contributed by atoms with Crippen LogP contribution in [0.4, 0.5) is 0 Å². The highest BCUT2D eigenvalue weighted by molar-refractivity contribution is 5.83. The van der Waals surface area contributed by atoms with E-state index in [0.29, 0.717) is 6.61 Å². The third-order valence-corrected chi connectivity index (χ3v) is 3.12. The first-order valence-corrected chi connectivity index (χ1v) is 6.05. The van der Waals surface area contributed by atoms with Gasteiger partial charge in [0.05, 0.1) is 0 Å². The highest BCUT2D eigenvalue weighted by atomic mass is 16.5. The molecular formula is C16H15NO. The molecule has 0 fully saturated rings. The van der Waals surface area contributed by atoms with Crippen LogP contribution in [0.15, 0.2) is 60.8 Å². The molecule has 18 heavy (non-hydrogen) atoms. The van der Waals surface area contributed by atoms with Crippen molar-refractivity contribution in [3.63, 3.8) is 0 Å². The maximum atomic E-state index is 5.80. The molecule has 0 aliphatic heterocycles. The fraction of sp³-hybridized carbons (Fsp3) is 0.125. The first-order valence-electron chi connectivity index (χ1n) is 6.05. The van der Waals surface area contributed by atoms with E-state index in [1.54, 1.807) is 0 Å². The topological polar surface area (TPSA) is 14.2 Å². The number of aryl methyl sites for hydroxylation is 1. The average molecular weight is 237 g/mol. The van der Waals surface area contributed by atoms with Crippen molar-refractivity contribution >= 4 is 10.9 Å². The van der Waals surface area contributed by atoms with Crippen LogP contribution in [0.2, 0.25) is 0 Å². The Morgan fingerprint density at radius 3 is 2.50 bits per heavy atom. The monoisotopic (exact) mass is 237 g/mol. The molecule has 0 atom stereocenters. The summed E-state index contributed by atoms with van der Waals surface area (Å²) in [5, 5.41) is 1.26. The standard InChI is InChI=1S/C16H15NO/c1-17-11-13(15-9-5-6-10-16(15)17)12-18-14-7-3-2-4-8-14/h2-11H,12H2,1H3. The van der Waals surface area contributed by atoms with Crippen molar-refractivity contribution in [2.75, 3.05) is 0 Å². The first kappa shape index (κ1) is 10.9. The minimum Gasteiger partial charge on any atom is -0.489 e. The summed E-state index contributed by atoms with van der Waals surface area (Å²) >= 11 is 0. The fourth-order valence-corrected chi connectivity index (χ4v) is 2.22. The average Bonchev–Trinajstić information content (AvgIpc) is 2.75. The first-order chi connectivity index (χ1) is 8.84. The molecular weight excluding hydrogens is 222 g/mol. The number of benzene rings is 2. The zero-order chi connectivity index (χ0) is 12.4. The molecule has 1 heterocycles. The van der Waals surface area contributed by atoms with E-state index < -0.39 is 0 Å². The lowest BCUT2D eigenvalue weighted by molar-refractivity contribution is 0.307. The van der Waals surface area contributed by atoms with Crippen LogP contribution in [0.1, 0.15) is 5.56 Å².